The molecule has 164 valence electrons. The van der Waals surface area contributed by atoms with Crippen LogP contribution < -0.4 is 15.4 Å². The van der Waals surface area contributed by atoms with Crippen LogP contribution in [0.15, 0.2) is 54.6 Å². The lowest BCUT2D eigenvalue weighted by atomic mass is 10.0. The first-order valence-electron chi connectivity index (χ1n) is 10.7. The number of nitrogens with zero attached hydrogens (tertiary/aromatic N) is 1. The molecule has 1 fully saturated rings. The smallest absolute Gasteiger partial charge is 0.260 e. The monoisotopic (exact) mass is 423 g/mol. The van der Waals surface area contributed by atoms with Gasteiger partial charge < -0.3 is 20.3 Å². The quantitative estimate of drug-likeness (QED) is 0.681. The zero-order valence-corrected chi connectivity index (χ0v) is 17.8. The Morgan fingerprint density at radius 2 is 1.68 bits per heavy atom. The van der Waals surface area contributed by atoms with Crippen LogP contribution >= 0.6 is 0 Å². The largest absolute Gasteiger partial charge is 0.483 e. The molecule has 0 atom stereocenters. The Hall–Kier alpha value is -3.35. The molecule has 1 aliphatic rings. The highest BCUT2D eigenvalue weighted by Gasteiger charge is 2.24. The first-order chi connectivity index (χ1) is 15.1. The predicted molar refractivity (Wildman–Crippen MR) is 118 cm³/mol. The van der Waals surface area contributed by atoms with Gasteiger partial charge in [0.1, 0.15) is 5.75 Å². The summed E-state index contributed by atoms with van der Waals surface area (Å²) in [5.74, 6) is 0.193. The zero-order chi connectivity index (χ0) is 22.1. The van der Waals surface area contributed by atoms with E-state index in [9.17, 15) is 14.4 Å². The Balaban J connectivity index is 1.36. The van der Waals surface area contributed by atoms with Crippen molar-refractivity contribution in [3.63, 3.8) is 0 Å². The van der Waals surface area contributed by atoms with Crippen molar-refractivity contribution in [2.45, 2.75) is 32.2 Å². The van der Waals surface area contributed by atoms with Gasteiger partial charge in [-0.1, -0.05) is 43.3 Å². The van der Waals surface area contributed by atoms with Crippen molar-refractivity contribution in [1.29, 1.82) is 0 Å². The molecule has 0 radical (unpaired) electrons. The average molecular weight is 424 g/mol. The number of ether oxygens (including phenoxy) is 1. The van der Waals surface area contributed by atoms with Crippen LogP contribution in [0.25, 0.3) is 0 Å². The molecule has 7 heteroatoms. The van der Waals surface area contributed by atoms with E-state index in [1.807, 2.05) is 30.3 Å². The van der Waals surface area contributed by atoms with E-state index in [0.29, 0.717) is 31.5 Å². The maximum absolute atomic E-state index is 12.5. The highest BCUT2D eigenvalue weighted by molar-refractivity contribution is 5.96. The van der Waals surface area contributed by atoms with Crippen molar-refractivity contribution in [1.82, 2.24) is 15.5 Å². The first kappa shape index (κ1) is 22.3. The Morgan fingerprint density at radius 3 is 2.39 bits per heavy atom. The van der Waals surface area contributed by atoms with Crippen molar-refractivity contribution in [3.05, 3.63) is 65.7 Å². The molecule has 31 heavy (non-hydrogen) atoms. The van der Waals surface area contributed by atoms with Gasteiger partial charge in [0.05, 0.1) is 6.54 Å². The van der Waals surface area contributed by atoms with Crippen LogP contribution in [0.1, 0.15) is 35.7 Å². The second-order valence-electron chi connectivity index (χ2n) is 7.52. The molecule has 3 rings (SSSR count). The minimum Gasteiger partial charge on any atom is -0.483 e. The lowest BCUT2D eigenvalue weighted by Gasteiger charge is -2.32. The summed E-state index contributed by atoms with van der Waals surface area (Å²) in [4.78, 5) is 38.4. The number of nitrogens with one attached hydrogen (secondary N) is 2. The molecule has 2 aromatic rings. The summed E-state index contributed by atoms with van der Waals surface area (Å²) in [6, 6.07) is 16.5. The molecule has 2 aromatic carbocycles. The molecule has 0 spiro atoms. The number of rotatable bonds is 8. The maximum Gasteiger partial charge on any atom is 0.260 e. The van der Waals surface area contributed by atoms with E-state index in [-0.39, 0.29) is 36.9 Å². The van der Waals surface area contributed by atoms with E-state index in [1.54, 1.807) is 29.2 Å². The zero-order valence-electron chi connectivity index (χ0n) is 17.8. The summed E-state index contributed by atoms with van der Waals surface area (Å²) < 4.78 is 5.72. The highest BCUT2D eigenvalue weighted by atomic mass is 16.5. The second kappa shape index (κ2) is 11.2. The van der Waals surface area contributed by atoms with Gasteiger partial charge in [-0.05, 0) is 43.0 Å². The molecule has 2 N–H and O–H groups in total. The van der Waals surface area contributed by atoms with Gasteiger partial charge in [-0.2, -0.15) is 0 Å². The lowest BCUT2D eigenvalue weighted by Crippen LogP contribution is -2.49. The van der Waals surface area contributed by atoms with Gasteiger partial charge in [-0.15, -0.1) is 0 Å². The molecule has 3 amide bonds. The minimum atomic E-state index is -0.277. The van der Waals surface area contributed by atoms with Crippen LogP contribution in [0.2, 0.25) is 0 Å². The van der Waals surface area contributed by atoms with Crippen LogP contribution in [-0.4, -0.2) is 54.9 Å². The van der Waals surface area contributed by atoms with Gasteiger partial charge in [0.15, 0.2) is 6.61 Å². The highest BCUT2D eigenvalue weighted by Crippen LogP contribution is 2.18. The topological polar surface area (TPSA) is 87.7 Å². The van der Waals surface area contributed by atoms with E-state index in [4.69, 9.17) is 4.74 Å². The number of likely N-dealkylation sites (tertiary alicyclic amines) is 1. The van der Waals surface area contributed by atoms with E-state index >= 15 is 0 Å². The fraction of sp³-hybridized carbons (Fsp3) is 0.375. The minimum absolute atomic E-state index is 0.00749. The summed E-state index contributed by atoms with van der Waals surface area (Å²) in [6.45, 7) is 3.13. The summed E-state index contributed by atoms with van der Waals surface area (Å²) >= 11 is 0. The van der Waals surface area contributed by atoms with Crippen LogP contribution in [0, 0.1) is 0 Å². The summed E-state index contributed by atoms with van der Waals surface area (Å²) in [6.07, 6.45) is 2.20. The standard InChI is InChI=1S/C24H29N3O4/c1-2-18-8-6-7-11-21(18)31-17-23(29)27-14-12-20(13-15-27)26-22(28)16-25-24(30)19-9-4-3-5-10-19/h3-11,20H,2,12-17H2,1H3,(H,25,30)(H,26,28). The van der Waals surface area contributed by atoms with Gasteiger partial charge in [0.2, 0.25) is 5.91 Å². The van der Waals surface area contributed by atoms with Crippen molar-refractivity contribution in [3.8, 4) is 5.75 Å². The third-order valence-electron chi connectivity index (χ3n) is 5.36. The molecule has 0 bridgehead atoms. The average Bonchev–Trinajstić information content (AvgIpc) is 2.82. The Kier molecular flexibility index (Phi) is 8.04. The molecular formula is C24H29N3O4. The number of carbonyl (C=O) groups is 3. The number of carbonyl (C=O) groups excluding carboxylic acids is 3. The molecule has 7 nitrogen and oxygen atoms in total. The molecule has 0 saturated carbocycles. The molecule has 1 saturated heterocycles. The van der Waals surface area contributed by atoms with Crippen molar-refractivity contribution in [2.24, 2.45) is 0 Å². The number of hydrogen-bond acceptors (Lipinski definition) is 4. The summed E-state index contributed by atoms with van der Waals surface area (Å²) in [7, 11) is 0. The Morgan fingerprint density at radius 1 is 1.00 bits per heavy atom. The van der Waals surface area contributed by atoms with Gasteiger partial charge in [0, 0.05) is 24.7 Å². The molecule has 0 aromatic heterocycles. The van der Waals surface area contributed by atoms with Crippen LogP contribution in [0.4, 0.5) is 0 Å². The summed E-state index contributed by atoms with van der Waals surface area (Å²) in [5.41, 5.74) is 1.60. The van der Waals surface area contributed by atoms with Gasteiger partial charge in [-0.3, -0.25) is 14.4 Å². The van der Waals surface area contributed by atoms with Crippen molar-refractivity contribution < 1.29 is 19.1 Å². The van der Waals surface area contributed by atoms with E-state index in [0.717, 1.165) is 17.7 Å². The number of piperidine rings is 1. The fourth-order valence-corrected chi connectivity index (χ4v) is 3.57. The third-order valence-corrected chi connectivity index (χ3v) is 5.36. The number of hydrogen-bond donors (Lipinski definition) is 2. The predicted octanol–water partition coefficient (Wildman–Crippen LogP) is 2.16. The van der Waals surface area contributed by atoms with Crippen molar-refractivity contribution >= 4 is 17.7 Å². The Bertz CT molecular complexity index is 893. The van der Waals surface area contributed by atoms with Crippen LogP contribution in [-0.2, 0) is 16.0 Å². The fourth-order valence-electron chi connectivity index (χ4n) is 3.57. The lowest BCUT2D eigenvalue weighted by molar-refractivity contribution is -0.134. The maximum atomic E-state index is 12.5. The molecule has 0 aliphatic carbocycles. The van der Waals surface area contributed by atoms with Crippen LogP contribution in [0.3, 0.4) is 0 Å². The first-order valence-corrected chi connectivity index (χ1v) is 10.7. The Labute approximate surface area is 182 Å². The molecular weight excluding hydrogens is 394 g/mol. The molecule has 1 aliphatic heterocycles. The van der Waals surface area contributed by atoms with E-state index < -0.39 is 0 Å². The van der Waals surface area contributed by atoms with Gasteiger partial charge >= 0.3 is 0 Å². The summed E-state index contributed by atoms with van der Waals surface area (Å²) in [5, 5.41) is 5.56. The molecule has 1 heterocycles. The molecule has 0 unspecified atom stereocenters. The third kappa shape index (κ3) is 6.57. The van der Waals surface area contributed by atoms with Gasteiger partial charge in [-0.25, -0.2) is 0 Å². The van der Waals surface area contributed by atoms with Crippen molar-refractivity contribution in [2.75, 3.05) is 26.2 Å². The van der Waals surface area contributed by atoms with Crippen LogP contribution in [0.5, 0.6) is 5.75 Å². The second-order valence-corrected chi connectivity index (χ2v) is 7.52. The number of aryl methyl sites for hydroxylation is 1. The number of amides is 3. The number of para-hydroxylation sites is 1. The normalized spacial score (nSPS) is 14.0. The van der Waals surface area contributed by atoms with E-state index in [2.05, 4.69) is 17.6 Å². The number of benzene rings is 2. The van der Waals surface area contributed by atoms with Gasteiger partial charge in [0.25, 0.3) is 11.8 Å². The SMILES string of the molecule is CCc1ccccc1OCC(=O)N1CCC(NC(=O)CNC(=O)c2ccccc2)CC1. The van der Waals surface area contributed by atoms with E-state index in [1.165, 1.54) is 0 Å².